The summed E-state index contributed by atoms with van der Waals surface area (Å²) in [5.41, 5.74) is -0.849. The molecule has 0 aliphatic heterocycles. The highest BCUT2D eigenvalue weighted by Crippen LogP contribution is 2.50. The maximum Gasteiger partial charge on any atom is 0.406 e. The second kappa shape index (κ2) is 4.46. The minimum Gasteiger partial charge on any atom is -0.497 e. The predicted molar refractivity (Wildman–Crippen MR) is 62.6 cm³/mol. The molecule has 5 heteroatoms. The summed E-state index contributed by atoms with van der Waals surface area (Å²) in [6.07, 6.45) is -3.85. The fraction of sp³-hybridized carbons (Fsp3) is 0.538. The normalized spacial score (nSPS) is 19.4. The van der Waals surface area contributed by atoms with Gasteiger partial charge < -0.3 is 4.74 Å². The number of ether oxygens (including phenoxy) is 1. The van der Waals surface area contributed by atoms with Crippen LogP contribution < -0.4 is 10.1 Å². The molecule has 1 N–H and O–H groups in total. The Balaban J connectivity index is 2.06. The van der Waals surface area contributed by atoms with Gasteiger partial charge in [0.15, 0.2) is 0 Å². The van der Waals surface area contributed by atoms with Gasteiger partial charge in [-0.3, -0.25) is 5.32 Å². The lowest BCUT2D eigenvalue weighted by molar-refractivity contribution is -0.167. The number of hydrogen-bond donors (Lipinski definition) is 1. The molecule has 1 saturated carbocycles. The van der Waals surface area contributed by atoms with Gasteiger partial charge in [-0.1, -0.05) is 12.1 Å². The highest BCUT2D eigenvalue weighted by Gasteiger charge is 2.63. The van der Waals surface area contributed by atoms with Crippen molar-refractivity contribution in [2.45, 2.75) is 37.5 Å². The summed E-state index contributed by atoms with van der Waals surface area (Å²) in [6.45, 7) is 1.74. The van der Waals surface area contributed by atoms with Gasteiger partial charge in [0.05, 0.1) is 7.11 Å². The molecule has 0 heterocycles. The molecule has 2 nitrogen and oxygen atoms in total. The van der Waals surface area contributed by atoms with Crippen molar-refractivity contribution in [1.29, 1.82) is 0 Å². The Kier molecular flexibility index (Phi) is 3.27. The first-order chi connectivity index (χ1) is 8.38. The second-order valence-corrected chi connectivity index (χ2v) is 4.72. The molecule has 0 spiro atoms. The molecule has 0 bridgehead atoms. The summed E-state index contributed by atoms with van der Waals surface area (Å²) in [6, 6.07) is 6.73. The van der Waals surface area contributed by atoms with Crippen LogP contribution in [0.2, 0.25) is 0 Å². The highest BCUT2D eigenvalue weighted by molar-refractivity contribution is 5.29. The first-order valence-electron chi connectivity index (χ1n) is 5.86. The quantitative estimate of drug-likeness (QED) is 0.894. The lowest BCUT2D eigenvalue weighted by Gasteiger charge is -2.25. The van der Waals surface area contributed by atoms with Gasteiger partial charge in [0.1, 0.15) is 11.3 Å². The topological polar surface area (TPSA) is 21.3 Å². The van der Waals surface area contributed by atoms with E-state index >= 15 is 0 Å². The van der Waals surface area contributed by atoms with Crippen molar-refractivity contribution in [2.75, 3.05) is 7.11 Å². The zero-order chi connectivity index (χ0) is 13.4. The van der Waals surface area contributed by atoms with Crippen LogP contribution in [0.4, 0.5) is 13.2 Å². The number of hydrogen-bond acceptors (Lipinski definition) is 2. The average Bonchev–Trinajstić information content (AvgIpc) is 3.09. The van der Waals surface area contributed by atoms with Gasteiger partial charge in [0.25, 0.3) is 0 Å². The molecular formula is C13H16F3NO. The lowest BCUT2D eigenvalue weighted by atomic mass is 10.1. The van der Waals surface area contributed by atoms with E-state index in [1.54, 1.807) is 38.3 Å². The number of rotatable bonds is 4. The van der Waals surface area contributed by atoms with Gasteiger partial charge in [-0.15, -0.1) is 0 Å². The Bertz CT molecular complexity index is 409. The van der Waals surface area contributed by atoms with Crippen LogP contribution in [0.1, 0.15) is 31.4 Å². The lowest BCUT2D eigenvalue weighted by Crippen LogP contribution is -2.45. The van der Waals surface area contributed by atoms with Gasteiger partial charge in [0, 0.05) is 6.04 Å². The predicted octanol–water partition coefficient (Wildman–Crippen LogP) is 3.44. The molecule has 0 amide bonds. The Morgan fingerprint density at radius 2 is 1.78 bits per heavy atom. The summed E-state index contributed by atoms with van der Waals surface area (Å²) in [7, 11) is 1.56. The van der Waals surface area contributed by atoms with Crippen molar-refractivity contribution in [1.82, 2.24) is 5.32 Å². The number of alkyl halides is 3. The molecule has 0 aromatic heterocycles. The van der Waals surface area contributed by atoms with Gasteiger partial charge in [-0.2, -0.15) is 13.2 Å². The van der Waals surface area contributed by atoms with Crippen molar-refractivity contribution in [2.24, 2.45) is 0 Å². The molecule has 1 aromatic carbocycles. The van der Waals surface area contributed by atoms with Crippen LogP contribution in [0.15, 0.2) is 24.3 Å². The molecule has 1 aliphatic carbocycles. The zero-order valence-corrected chi connectivity index (χ0v) is 10.3. The number of halogens is 3. The summed E-state index contributed by atoms with van der Waals surface area (Å²) in [5.74, 6) is 0.697. The molecule has 0 radical (unpaired) electrons. The van der Waals surface area contributed by atoms with E-state index in [2.05, 4.69) is 5.32 Å². The first-order valence-corrected chi connectivity index (χ1v) is 5.86. The Labute approximate surface area is 104 Å². The van der Waals surface area contributed by atoms with Crippen LogP contribution in [0, 0.1) is 0 Å². The summed E-state index contributed by atoms with van der Waals surface area (Å²) >= 11 is 0. The SMILES string of the molecule is COc1ccc(C(C)NC2(C(F)(F)F)CC2)cc1. The van der Waals surface area contributed by atoms with Crippen LogP contribution in [0.25, 0.3) is 0 Å². The fourth-order valence-electron chi connectivity index (χ4n) is 2.03. The molecule has 100 valence electrons. The van der Waals surface area contributed by atoms with Crippen molar-refractivity contribution in [3.8, 4) is 5.75 Å². The van der Waals surface area contributed by atoms with E-state index in [0.29, 0.717) is 5.75 Å². The minimum atomic E-state index is -4.17. The van der Waals surface area contributed by atoms with Crippen LogP contribution in [0.3, 0.4) is 0 Å². The van der Waals surface area contributed by atoms with Gasteiger partial charge in [0.2, 0.25) is 0 Å². The number of methoxy groups -OCH3 is 1. The number of nitrogens with one attached hydrogen (secondary N) is 1. The van der Waals surface area contributed by atoms with Gasteiger partial charge in [-0.25, -0.2) is 0 Å². The third kappa shape index (κ3) is 2.46. The standard InChI is InChI=1S/C13H16F3NO/c1-9(10-3-5-11(18-2)6-4-10)17-12(7-8-12)13(14,15)16/h3-6,9,17H,7-8H2,1-2H3. The third-order valence-electron chi connectivity index (χ3n) is 3.40. The van der Waals surface area contributed by atoms with E-state index in [4.69, 9.17) is 4.74 Å². The van der Waals surface area contributed by atoms with E-state index in [-0.39, 0.29) is 18.9 Å². The average molecular weight is 259 g/mol. The van der Waals surface area contributed by atoms with E-state index in [0.717, 1.165) is 5.56 Å². The molecule has 1 atom stereocenters. The smallest absolute Gasteiger partial charge is 0.406 e. The Hall–Kier alpha value is -1.23. The van der Waals surface area contributed by atoms with Crippen molar-refractivity contribution >= 4 is 0 Å². The molecule has 2 rings (SSSR count). The van der Waals surface area contributed by atoms with Crippen molar-refractivity contribution < 1.29 is 17.9 Å². The maximum absolute atomic E-state index is 12.8. The number of benzene rings is 1. The molecule has 0 saturated heterocycles. The minimum absolute atomic E-state index is 0.164. The highest BCUT2D eigenvalue weighted by atomic mass is 19.4. The zero-order valence-electron chi connectivity index (χ0n) is 10.3. The molecule has 1 fully saturated rings. The van der Waals surface area contributed by atoms with Crippen LogP contribution in [-0.2, 0) is 0 Å². The van der Waals surface area contributed by atoms with Crippen LogP contribution in [-0.4, -0.2) is 18.8 Å². The second-order valence-electron chi connectivity index (χ2n) is 4.72. The van der Waals surface area contributed by atoms with Gasteiger partial charge >= 0.3 is 6.18 Å². The summed E-state index contributed by atoms with van der Waals surface area (Å²) in [5, 5.41) is 2.70. The molecule has 18 heavy (non-hydrogen) atoms. The van der Waals surface area contributed by atoms with Crippen LogP contribution in [0.5, 0.6) is 5.75 Å². The van der Waals surface area contributed by atoms with Crippen molar-refractivity contribution in [3.63, 3.8) is 0 Å². The Morgan fingerprint density at radius 3 is 2.17 bits per heavy atom. The summed E-state index contributed by atoms with van der Waals surface area (Å²) in [4.78, 5) is 0. The van der Waals surface area contributed by atoms with Gasteiger partial charge in [-0.05, 0) is 37.5 Å². The van der Waals surface area contributed by atoms with Crippen molar-refractivity contribution in [3.05, 3.63) is 29.8 Å². The molecule has 1 unspecified atom stereocenters. The third-order valence-corrected chi connectivity index (χ3v) is 3.40. The first kappa shape index (κ1) is 13.2. The Morgan fingerprint density at radius 1 is 1.22 bits per heavy atom. The molecular weight excluding hydrogens is 243 g/mol. The summed E-state index contributed by atoms with van der Waals surface area (Å²) < 4.78 is 43.4. The van der Waals surface area contributed by atoms with E-state index in [9.17, 15) is 13.2 Å². The monoisotopic (exact) mass is 259 g/mol. The molecule has 1 aromatic rings. The largest absolute Gasteiger partial charge is 0.497 e. The van der Waals surface area contributed by atoms with E-state index in [1.807, 2.05) is 0 Å². The molecule has 1 aliphatic rings. The van der Waals surface area contributed by atoms with Crippen LogP contribution >= 0.6 is 0 Å². The van der Waals surface area contributed by atoms with E-state index < -0.39 is 11.7 Å². The van der Waals surface area contributed by atoms with E-state index in [1.165, 1.54) is 0 Å². The fourth-order valence-corrected chi connectivity index (χ4v) is 2.03. The maximum atomic E-state index is 12.8.